The first-order valence-corrected chi connectivity index (χ1v) is 5.76. The van der Waals surface area contributed by atoms with Crippen molar-refractivity contribution in [1.82, 2.24) is 9.97 Å². The molecule has 0 bridgehead atoms. The van der Waals surface area contributed by atoms with Crippen molar-refractivity contribution < 1.29 is 10.0 Å². The van der Waals surface area contributed by atoms with Crippen LogP contribution in [0.2, 0.25) is 0 Å². The van der Waals surface area contributed by atoms with Crippen molar-refractivity contribution in [2.45, 2.75) is 6.92 Å². The molecule has 0 aliphatic rings. The number of carbonyl (C=O) groups is 1. The molecule has 0 unspecified atom stereocenters. The summed E-state index contributed by atoms with van der Waals surface area (Å²) in [6.45, 7) is 1.84. The Kier molecular flexibility index (Phi) is 3.90. The number of nitrogens with two attached hydrogens (primary N) is 1. The number of amides is 1. The van der Waals surface area contributed by atoms with E-state index in [9.17, 15) is 4.79 Å². The highest BCUT2D eigenvalue weighted by molar-refractivity contribution is 6.05. The molecule has 0 radical (unpaired) electrons. The second-order valence-electron chi connectivity index (χ2n) is 4.10. The molecule has 102 valence electrons. The predicted molar refractivity (Wildman–Crippen MR) is 73.7 cm³/mol. The lowest BCUT2D eigenvalue weighted by Gasteiger charge is -2.10. The summed E-state index contributed by atoms with van der Waals surface area (Å²) in [5.41, 5.74) is 7.81. The average molecular weight is 271 g/mol. The van der Waals surface area contributed by atoms with Gasteiger partial charge >= 0.3 is 0 Å². The Balaban J connectivity index is 2.27. The van der Waals surface area contributed by atoms with E-state index in [4.69, 9.17) is 10.9 Å². The van der Waals surface area contributed by atoms with Gasteiger partial charge in [-0.1, -0.05) is 17.3 Å². The Morgan fingerprint density at radius 2 is 2.00 bits per heavy atom. The maximum Gasteiger partial charge on any atom is 0.258 e. The Morgan fingerprint density at radius 1 is 1.30 bits per heavy atom. The van der Waals surface area contributed by atoms with Crippen LogP contribution in [-0.4, -0.2) is 26.9 Å². The number of nitrogens with one attached hydrogen (secondary N) is 1. The molecule has 0 fully saturated rings. The predicted octanol–water partition coefficient (Wildman–Crippen LogP) is 1.13. The smallest absolute Gasteiger partial charge is 0.258 e. The summed E-state index contributed by atoms with van der Waals surface area (Å²) in [7, 11) is 0. The van der Waals surface area contributed by atoms with E-state index < -0.39 is 0 Å². The summed E-state index contributed by atoms with van der Waals surface area (Å²) in [4.78, 5) is 19.6. The quantitative estimate of drug-likeness (QED) is 0.335. The highest BCUT2D eigenvalue weighted by Gasteiger charge is 2.10. The topological polar surface area (TPSA) is 113 Å². The second kappa shape index (κ2) is 5.79. The van der Waals surface area contributed by atoms with Crippen LogP contribution in [0.25, 0.3) is 0 Å². The van der Waals surface area contributed by atoms with Gasteiger partial charge in [-0.15, -0.1) is 0 Å². The number of anilines is 1. The number of amidine groups is 1. The normalized spacial score (nSPS) is 11.2. The van der Waals surface area contributed by atoms with Gasteiger partial charge < -0.3 is 16.3 Å². The highest BCUT2D eigenvalue weighted by Crippen LogP contribution is 2.17. The van der Waals surface area contributed by atoms with Crippen LogP contribution in [0.15, 0.2) is 42.1 Å². The molecule has 20 heavy (non-hydrogen) atoms. The molecule has 0 aliphatic carbocycles. The number of oxime groups is 1. The van der Waals surface area contributed by atoms with Crippen LogP contribution in [0.5, 0.6) is 0 Å². The van der Waals surface area contributed by atoms with Crippen molar-refractivity contribution in [3.05, 3.63) is 53.6 Å². The molecule has 1 heterocycles. The first-order chi connectivity index (χ1) is 9.61. The number of hydrogen-bond donors (Lipinski definition) is 3. The maximum atomic E-state index is 12.0. The minimum atomic E-state index is -0.328. The van der Waals surface area contributed by atoms with Gasteiger partial charge in [-0.2, -0.15) is 0 Å². The number of nitrogens with zero attached hydrogens (tertiary/aromatic N) is 3. The fraction of sp³-hybridized carbons (Fsp3) is 0.0769. The van der Waals surface area contributed by atoms with Crippen LogP contribution in [0, 0.1) is 6.92 Å². The molecule has 0 aliphatic heterocycles. The number of hydrogen-bond acceptors (Lipinski definition) is 5. The van der Waals surface area contributed by atoms with Crippen molar-refractivity contribution in [3.63, 3.8) is 0 Å². The van der Waals surface area contributed by atoms with Crippen LogP contribution in [0.1, 0.15) is 21.5 Å². The van der Waals surface area contributed by atoms with Gasteiger partial charge in [0.05, 0.1) is 5.56 Å². The minimum Gasteiger partial charge on any atom is -0.409 e. The van der Waals surface area contributed by atoms with E-state index in [-0.39, 0.29) is 11.7 Å². The summed E-state index contributed by atoms with van der Waals surface area (Å²) < 4.78 is 0. The standard InChI is InChI=1S/C13H13N5O2/c1-8-2-3-9(12(14)18-20)4-11(8)17-13(19)10-5-15-7-16-6-10/h2-7,20H,1H3,(H2,14,18)(H,17,19). The van der Waals surface area contributed by atoms with Crippen molar-refractivity contribution in [2.75, 3.05) is 5.32 Å². The molecule has 7 nitrogen and oxygen atoms in total. The third-order valence-electron chi connectivity index (χ3n) is 2.71. The largest absolute Gasteiger partial charge is 0.409 e. The van der Waals surface area contributed by atoms with E-state index in [1.807, 2.05) is 6.92 Å². The first kappa shape index (κ1) is 13.5. The van der Waals surface area contributed by atoms with Gasteiger partial charge in [-0.25, -0.2) is 9.97 Å². The van der Waals surface area contributed by atoms with Crippen LogP contribution >= 0.6 is 0 Å². The van der Waals surface area contributed by atoms with E-state index in [1.54, 1.807) is 18.2 Å². The van der Waals surface area contributed by atoms with E-state index in [1.165, 1.54) is 18.7 Å². The fourth-order valence-electron chi connectivity index (χ4n) is 1.58. The number of aryl methyl sites for hydroxylation is 1. The Bertz CT molecular complexity index is 655. The summed E-state index contributed by atoms with van der Waals surface area (Å²) >= 11 is 0. The van der Waals surface area contributed by atoms with Crippen LogP contribution in [0.3, 0.4) is 0 Å². The van der Waals surface area contributed by atoms with Crippen molar-refractivity contribution in [3.8, 4) is 0 Å². The van der Waals surface area contributed by atoms with Gasteiger partial charge in [0.1, 0.15) is 6.33 Å². The minimum absolute atomic E-state index is 0.0245. The fourth-order valence-corrected chi connectivity index (χ4v) is 1.58. The molecule has 1 aromatic heterocycles. The second-order valence-corrected chi connectivity index (χ2v) is 4.10. The molecular weight excluding hydrogens is 258 g/mol. The molecule has 0 spiro atoms. The highest BCUT2D eigenvalue weighted by atomic mass is 16.4. The molecule has 0 saturated carbocycles. The van der Waals surface area contributed by atoms with Gasteiger partial charge in [0.2, 0.25) is 0 Å². The molecule has 0 atom stereocenters. The third-order valence-corrected chi connectivity index (χ3v) is 2.71. The molecule has 1 amide bonds. The van der Waals surface area contributed by atoms with Crippen molar-refractivity contribution in [2.24, 2.45) is 10.9 Å². The SMILES string of the molecule is Cc1ccc(/C(N)=N/O)cc1NC(=O)c1cncnc1. The van der Waals surface area contributed by atoms with Crippen molar-refractivity contribution >= 4 is 17.4 Å². The molecule has 7 heteroatoms. The average Bonchev–Trinajstić information content (AvgIpc) is 2.49. The monoisotopic (exact) mass is 271 g/mol. The molecule has 2 rings (SSSR count). The number of benzene rings is 1. The number of aromatic nitrogens is 2. The maximum absolute atomic E-state index is 12.0. The zero-order valence-corrected chi connectivity index (χ0v) is 10.7. The molecule has 4 N–H and O–H groups in total. The Labute approximate surface area is 115 Å². The third kappa shape index (κ3) is 2.89. The van der Waals surface area contributed by atoms with E-state index in [0.717, 1.165) is 5.56 Å². The number of carbonyl (C=O) groups excluding carboxylic acids is 1. The van der Waals surface area contributed by atoms with Gasteiger partial charge in [0.15, 0.2) is 5.84 Å². The van der Waals surface area contributed by atoms with E-state index in [0.29, 0.717) is 16.8 Å². The summed E-state index contributed by atoms with van der Waals surface area (Å²) in [5.74, 6) is -0.353. The Hall–Kier alpha value is -2.96. The van der Waals surface area contributed by atoms with E-state index >= 15 is 0 Å². The lowest BCUT2D eigenvalue weighted by Crippen LogP contribution is -2.16. The first-order valence-electron chi connectivity index (χ1n) is 5.76. The molecule has 2 aromatic rings. The van der Waals surface area contributed by atoms with E-state index in [2.05, 4.69) is 20.4 Å². The van der Waals surface area contributed by atoms with Crippen LogP contribution in [-0.2, 0) is 0 Å². The molecule has 0 saturated heterocycles. The van der Waals surface area contributed by atoms with Gasteiger partial charge in [0.25, 0.3) is 5.91 Å². The van der Waals surface area contributed by atoms with Gasteiger partial charge in [-0.3, -0.25) is 4.79 Å². The Morgan fingerprint density at radius 3 is 2.65 bits per heavy atom. The van der Waals surface area contributed by atoms with Gasteiger partial charge in [0, 0.05) is 23.6 Å². The van der Waals surface area contributed by atoms with Crippen molar-refractivity contribution in [1.29, 1.82) is 0 Å². The summed E-state index contributed by atoms with van der Waals surface area (Å²) in [6, 6.07) is 5.10. The summed E-state index contributed by atoms with van der Waals surface area (Å²) in [6.07, 6.45) is 4.19. The summed E-state index contributed by atoms with van der Waals surface area (Å²) in [5, 5.41) is 14.3. The molecule has 1 aromatic carbocycles. The van der Waals surface area contributed by atoms with Gasteiger partial charge in [-0.05, 0) is 18.6 Å². The lowest BCUT2D eigenvalue weighted by atomic mass is 10.1. The van der Waals surface area contributed by atoms with Crippen LogP contribution < -0.4 is 11.1 Å². The molecular formula is C13H13N5O2. The number of rotatable bonds is 3. The lowest BCUT2D eigenvalue weighted by molar-refractivity contribution is 0.102. The zero-order chi connectivity index (χ0) is 14.5. The zero-order valence-electron chi connectivity index (χ0n) is 10.7. The van der Waals surface area contributed by atoms with Crippen LogP contribution in [0.4, 0.5) is 5.69 Å².